The van der Waals surface area contributed by atoms with E-state index in [4.69, 9.17) is 0 Å². The number of hydrogen-bond acceptors (Lipinski definition) is 3. The van der Waals surface area contributed by atoms with Crippen LogP contribution in [-0.4, -0.2) is 19.0 Å². The summed E-state index contributed by atoms with van der Waals surface area (Å²) >= 11 is 4.45. The molecule has 1 fully saturated rings. The van der Waals surface area contributed by atoms with Crippen LogP contribution in [0.3, 0.4) is 0 Å². The van der Waals surface area contributed by atoms with E-state index < -0.39 is 11.9 Å². The summed E-state index contributed by atoms with van der Waals surface area (Å²) in [4.78, 5) is 22.4. The van der Waals surface area contributed by atoms with Gasteiger partial charge in [-0.25, -0.2) is 4.79 Å². The SMILES string of the molecule is CNc1c(I)cc(/C=C2/NC(=O)NC2=O)cc1I. The summed E-state index contributed by atoms with van der Waals surface area (Å²) in [5.41, 5.74) is 2.19. The highest BCUT2D eigenvalue weighted by Gasteiger charge is 2.22. The monoisotopic (exact) mass is 469 g/mol. The summed E-state index contributed by atoms with van der Waals surface area (Å²) in [5.74, 6) is -0.400. The minimum atomic E-state index is -0.484. The van der Waals surface area contributed by atoms with Gasteiger partial charge in [-0.1, -0.05) is 0 Å². The molecular formula is C11H9I2N3O2. The molecule has 7 heteroatoms. The molecule has 1 heterocycles. The van der Waals surface area contributed by atoms with E-state index >= 15 is 0 Å². The molecule has 1 aliphatic heterocycles. The zero-order valence-electron chi connectivity index (χ0n) is 9.30. The molecule has 94 valence electrons. The van der Waals surface area contributed by atoms with Gasteiger partial charge < -0.3 is 10.6 Å². The van der Waals surface area contributed by atoms with Gasteiger partial charge in [-0.3, -0.25) is 10.1 Å². The number of benzene rings is 1. The fraction of sp³-hybridized carbons (Fsp3) is 0.0909. The molecular weight excluding hydrogens is 460 g/mol. The van der Waals surface area contributed by atoms with Crippen molar-refractivity contribution in [3.8, 4) is 0 Å². The lowest BCUT2D eigenvalue weighted by atomic mass is 10.1. The first-order valence-corrected chi connectivity index (χ1v) is 7.18. The molecule has 18 heavy (non-hydrogen) atoms. The number of carbonyl (C=O) groups is 2. The molecule has 3 amide bonds. The van der Waals surface area contributed by atoms with E-state index in [1.54, 1.807) is 6.08 Å². The molecule has 1 aromatic rings. The molecule has 0 spiro atoms. The molecule has 0 radical (unpaired) electrons. The fourth-order valence-electron chi connectivity index (χ4n) is 1.56. The van der Waals surface area contributed by atoms with Gasteiger partial charge in [0, 0.05) is 14.2 Å². The van der Waals surface area contributed by atoms with Gasteiger partial charge >= 0.3 is 6.03 Å². The number of carbonyl (C=O) groups excluding carboxylic acids is 2. The Balaban J connectivity index is 2.39. The average Bonchev–Trinajstić information content (AvgIpc) is 2.57. The second kappa shape index (κ2) is 5.43. The van der Waals surface area contributed by atoms with Crippen molar-refractivity contribution in [2.45, 2.75) is 0 Å². The van der Waals surface area contributed by atoms with E-state index in [9.17, 15) is 9.59 Å². The van der Waals surface area contributed by atoms with Crippen molar-refractivity contribution in [3.63, 3.8) is 0 Å². The van der Waals surface area contributed by atoms with E-state index in [1.165, 1.54) is 0 Å². The Labute approximate surface area is 131 Å². The third-order valence-corrected chi connectivity index (χ3v) is 4.05. The molecule has 2 rings (SSSR count). The van der Waals surface area contributed by atoms with E-state index in [0.717, 1.165) is 18.4 Å². The molecule has 1 saturated heterocycles. The number of nitrogens with one attached hydrogen (secondary N) is 3. The molecule has 0 saturated carbocycles. The Morgan fingerprint density at radius 2 is 1.78 bits per heavy atom. The topological polar surface area (TPSA) is 70.2 Å². The van der Waals surface area contributed by atoms with Crippen LogP contribution in [0.15, 0.2) is 17.8 Å². The Bertz CT molecular complexity index is 546. The van der Waals surface area contributed by atoms with Crippen LogP contribution in [-0.2, 0) is 4.79 Å². The first-order chi connectivity index (χ1) is 8.51. The van der Waals surface area contributed by atoms with Crippen molar-refractivity contribution in [1.29, 1.82) is 0 Å². The second-order valence-corrected chi connectivity index (χ2v) is 5.90. The van der Waals surface area contributed by atoms with Crippen LogP contribution in [0.5, 0.6) is 0 Å². The van der Waals surface area contributed by atoms with Crippen molar-refractivity contribution in [1.82, 2.24) is 10.6 Å². The van der Waals surface area contributed by atoms with Gasteiger partial charge in [0.05, 0.1) is 5.69 Å². The van der Waals surface area contributed by atoms with Crippen molar-refractivity contribution in [3.05, 3.63) is 30.5 Å². The minimum absolute atomic E-state index is 0.267. The summed E-state index contributed by atoms with van der Waals surface area (Å²) < 4.78 is 2.11. The lowest BCUT2D eigenvalue weighted by molar-refractivity contribution is -0.115. The number of urea groups is 1. The van der Waals surface area contributed by atoms with Crippen LogP contribution in [0.4, 0.5) is 10.5 Å². The Morgan fingerprint density at radius 3 is 2.22 bits per heavy atom. The number of amides is 3. The van der Waals surface area contributed by atoms with Crippen LogP contribution in [0.25, 0.3) is 6.08 Å². The standard InChI is InChI=1S/C11H9I2N3O2/c1-14-9-6(12)2-5(3-7(9)13)4-8-10(17)16-11(18)15-8/h2-4,14H,1H3,(H2,15,16,17,18)/b8-4+. The summed E-state index contributed by atoms with van der Waals surface area (Å²) in [7, 11) is 1.86. The van der Waals surface area contributed by atoms with Crippen LogP contribution in [0.2, 0.25) is 0 Å². The molecule has 1 aromatic carbocycles. The number of halogens is 2. The molecule has 1 aliphatic rings. The van der Waals surface area contributed by atoms with Gasteiger partial charge in [0.15, 0.2) is 0 Å². The predicted octanol–water partition coefficient (Wildman–Crippen LogP) is 2.12. The maximum absolute atomic E-state index is 11.4. The Kier molecular flexibility index (Phi) is 4.10. The average molecular weight is 469 g/mol. The Morgan fingerprint density at radius 1 is 1.17 bits per heavy atom. The summed E-state index contributed by atoms with van der Waals surface area (Å²) in [5, 5.41) is 7.74. The first-order valence-electron chi connectivity index (χ1n) is 5.02. The van der Waals surface area contributed by atoms with Crippen LogP contribution in [0, 0.1) is 7.14 Å². The zero-order valence-corrected chi connectivity index (χ0v) is 13.6. The lowest BCUT2D eigenvalue weighted by Crippen LogP contribution is -2.22. The number of hydrogen-bond donors (Lipinski definition) is 3. The van der Waals surface area contributed by atoms with E-state index in [1.807, 2.05) is 19.2 Å². The van der Waals surface area contributed by atoms with Crippen molar-refractivity contribution in [2.75, 3.05) is 12.4 Å². The maximum atomic E-state index is 11.4. The molecule has 0 aliphatic carbocycles. The van der Waals surface area contributed by atoms with Gasteiger partial charge in [-0.15, -0.1) is 0 Å². The summed E-state index contributed by atoms with van der Waals surface area (Å²) in [6, 6.07) is 3.40. The fourth-order valence-corrected chi connectivity index (χ4v) is 3.92. The molecule has 0 bridgehead atoms. The van der Waals surface area contributed by atoms with Gasteiger partial charge in [-0.2, -0.15) is 0 Å². The Hall–Kier alpha value is -0.840. The molecule has 3 N–H and O–H groups in total. The highest BCUT2D eigenvalue weighted by Crippen LogP contribution is 2.27. The number of anilines is 1. The molecule has 5 nitrogen and oxygen atoms in total. The highest BCUT2D eigenvalue weighted by molar-refractivity contribution is 14.1. The van der Waals surface area contributed by atoms with Crippen molar-refractivity contribution in [2.24, 2.45) is 0 Å². The molecule has 0 unspecified atom stereocenters. The quantitative estimate of drug-likeness (QED) is 0.354. The number of imide groups is 1. The highest BCUT2D eigenvalue weighted by atomic mass is 127. The van der Waals surface area contributed by atoms with Gasteiger partial charge in [0.25, 0.3) is 5.91 Å². The van der Waals surface area contributed by atoms with Crippen LogP contribution in [0.1, 0.15) is 5.56 Å². The largest absolute Gasteiger partial charge is 0.386 e. The number of rotatable bonds is 2. The zero-order chi connectivity index (χ0) is 13.3. The molecule has 0 aromatic heterocycles. The first kappa shape index (κ1) is 13.6. The van der Waals surface area contributed by atoms with E-state index in [-0.39, 0.29) is 5.70 Å². The van der Waals surface area contributed by atoms with Gasteiger partial charge in [-0.05, 0) is 69.0 Å². The maximum Gasteiger partial charge on any atom is 0.326 e. The van der Waals surface area contributed by atoms with Gasteiger partial charge in [0.2, 0.25) is 0 Å². The third-order valence-electron chi connectivity index (χ3n) is 2.35. The smallest absolute Gasteiger partial charge is 0.326 e. The third kappa shape index (κ3) is 2.76. The molecule has 0 atom stereocenters. The predicted molar refractivity (Wildman–Crippen MR) is 86.1 cm³/mol. The van der Waals surface area contributed by atoms with Crippen LogP contribution < -0.4 is 16.0 Å². The van der Waals surface area contributed by atoms with E-state index in [0.29, 0.717) is 0 Å². The van der Waals surface area contributed by atoms with Crippen LogP contribution >= 0.6 is 45.2 Å². The van der Waals surface area contributed by atoms with E-state index in [2.05, 4.69) is 61.1 Å². The summed E-state index contributed by atoms with van der Waals surface area (Å²) in [6.07, 6.45) is 1.66. The lowest BCUT2D eigenvalue weighted by Gasteiger charge is -2.08. The summed E-state index contributed by atoms with van der Waals surface area (Å²) in [6.45, 7) is 0. The van der Waals surface area contributed by atoms with Crippen molar-refractivity contribution >= 4 is 68.9 Å². The van der Waals surface area contributed by atoms with Crippen molar-refractivity contribution < 1.29 is 9.59 Å². The second-order valence-electron chi connectivity index (χ2n) is 3.58. The van der Waals surface area contributed by atoms with Gasteiger partial charge in [0.1, 0.15) is 5.70 Å². The minimum Gasteiger partial charge on any atom is -0.386 e. The normalized spacial score (nSPS) is 16.7.